The van der Waals surface area contributed by atoms with Crippen LogP contribution in [0.5, 0.6) is 11.5 Å². The van der Waals surface area contributed by atoms with Crippen LogP contribution >= 0.6 is 0 Å². The van der Waals surface area contributed by atoms with Gasteiger partial charge < -0.3 is 14.4 Å². The van der Waals surface area contributed by atoms with Gasteiger partial charge in [-0.2, -0.15) is 0 Å². The summed E-state index contributed by atoms with van der Waals surface area (Å²) in [4.78, 5) is 15.8. The number of imidazole rings is 1. The molecule has 0 N–H and O–H groups in total. The molecule has 4 aromatic rings. The number of hydrogen-bond acceptors (Lipinski definition) is 6. The van der Waals surface area contributed by atoms with E-state index in [1.807, 2.05) is 71.9 Å². The van der Waals surface area contributed by atoms with Crippen molar-refractivity contribution in [2.45, 2.75) is 6.92 Å². The van der Waals surface area contributed by atoms with Crippen molar-refractivity contribution in [1.82, 2.24) is 19.4 Å². The van der Waals surface area contributed by atoms with Gasteiger partial charge in [0.05, 0.1) is 17.1 Å². The second-order valence-corrected chi connectivity index (χ2v) is 6.31. The minimum absolute atomic E-state index is 0.252. The second-order valence-electron chi connectivity index (χ2n) is 6.31. The summed E-state index contributed by atoms with van der Waals surface area (Å²) in [6.45, 7) is 2.24. The number of pyridine rings is 1. The second kappa shape index (κ2) is 5.98. The molecular weight excluding hydrogens is 342 g/mol. The van der Waals surface area contributed by atoms with Gasteiger partial charge in [0, 0.05) is 31.2 Å². The lowest BCUT2D eigenvalue weighted by Gasteiger charge is -2.18. The van der Waals surface area contributed by atoms with E-state index in [2.05, 4.69) is 9.97 Å². The molecule has 1 aliphatic rings. The summed E-state index contributed by atoms with van der Waals surface area (Å²) in [5, 5.41) is 0. The minimum atomic E-state index is 0.252. The van der Waals surface area contributed by atoms with Crippen LogP contribution in [0.2, 0.25) is 0 Å². The van der Waals surface area contributed by atoms with E-state index in [4.69, 9.17) is 14.5 Å². The topological polar surface area (TPSA) is 64.8 Å². The summed E-state index contributed by atoms with van der Waals surface area (Å²) >= 11 is 0. The Kier molecular flexibility index (Phi) is 3.46. The Labute approximate surface area is 155 Å². The summed E-state index contributed by atoms with van der Waals surface area (Å²) in [6, 6.07) is 13.6. The number of rotatable bonds is 3. The number of aryl methyl sites for hydroxylation is 1. The molecule has 0 aliphatic carbocycles. The van der Waals surface area contributed by atoms with Crippen LogP contribution in [0.4, 0.5) is 11.6 Å². The molecule has 1 aliphatic heterocycles. The first-order valence-corrected chi connectivity index (χ1v) is 8.61. The molecule has 0 fully saturated rings. The van der Waals surface area contributed by atoms with Crippen molar-refractivity contribution >= 4 is 17.3 Å². The monoisotopic (exact) mass is 359 g/mol. The van der Waals surface area contributed by atoms with Crippen LogP contribution in [0.1, 0.15) is 5.69 Å². The predicted molar refractivity (Wildman–Crippen MR) is 102 cm³/mol. The molecule has 0 saturated heterocycles. The number of fused-ring (bicyclic) bond motifs is 2. The van der Waals surface area contributed by atoms with Gasteiger partial charge in [0.2, 0.25) is 12.7 Å². The van der Waals surface area contributed by atoms with Crippen molar-refractivity contribution in [2.75, 3.05) is 18.7 Å². The van der Waals surface area contributed by atoms with Crippen LogP contribution in [0.3, 0.4) is 0 Å². The normalized spacial score (nSPS) is 12.5. The van der Waals surface area contributed by atoms with Crippen molar-refractivity contribution < 1.29 is 9.47 Å². The summed E-state index contributed by atoms with van der Waals surface area (Å²) in [5.74, 6) is 2.08. The lowest BCUT2D eigenvalue weighted by Crippen LogP contribution is -2.13. The average molecular weight is 359 g/mol. The average Bonchev–Trinajstić information content (AvgIpc) is 3.30. The quantitative estimate of drug-likeness (QED) is 0.557. The number of benzene rings is 1. The number of ether oxygens (including phenoxy) is 2. The fourth-order valence-corrected chi connectivity index (χ4v) is 3.27. The van der Waals surface area contributed by atoms with Crippen LogP contribution in [0, 0.1) is 6.92 Å². The zero-order valence-electron chi connectivity index (χ0n) is 15.0. The molecular formula is C20H17N5O2. The summed E-state index contributed by atoms with van der Waals surface area (Å²) < 4.78 is 12.9. The number of hydrogen-bond donors (Lipinski definition) is 0. The van der Waals surface area contributed by atoms with E-state index in [0.717, 1.165) is 39.9 Å². The fraction of sp³-hybridized carbons (Fsp3) is 0.150. The Morgan fingerprint density at radius 2 is 1.93 bits per heavy atom. The molecule has 7 heteroatoms. The van der Waals surface area contributed by atoms with Gasteiger partial charge in [0.15, 0.2) is 11.5 Å². The Morgan fingerprint density at radius 3 is 2.85 bits per heavy atom. The van der Waals surface area contributed by atoms with Gasteiger partial charge in [-0.1, -0.05) is 6.07 Å². The molecule has 0 unspecified atom stereocenters. The predicted octanol–water partition coefficient (Wildman–Crippen LogP) is 3.60. The molecule has 0 spiro atoms. The number of anilines is 2. The third kappa shape index (κ3) is 2.55. The molecule has 0 radical (unpaired) electrons. The number of nitrogens with zero attached hydrogens (tertiary/aromatic N) is 5. The maximum absolute atomic E-state index is 5.47. The molecule has 1 aromatic carbocycles. The van der Waals surface area contributed by atoms with E-state index in [1.165, 1.54) is 0 Å². The summed E-state index contributed by atoms with van der Waals surface area (Å²) in [5.41, 5.74) is 4.54. The van der Waals surface area contributed by atoms with Crippen LogP contribution < -0.4 is 14.4 Å². The molecule has 0 atom stereocenters. The number of aromatic nitrogens is 4. The first-order valence-electron chi connectivity index (χ1n) is 8.61. The highest BCUT2D eigenvalue weighted by atomic mass is 16.7. The third-order valence-electron chi connectivity index (χ3n) is 4.63. The van der Waals surface area contributed by atoms with Crippen LogP contribution in [-0.2, 0) is 0 Å². The largest absolute Gasteiger partial charge is 0.454 e. The molecule has 5 rings (SSSR count). The first kappa shape index (κ1) is 15.6. The first-order chi connectivity index (χ1) is 13.2. The molecule has 134 valence electrons. The Bertz CT molecular complexity index is 1150. The van der Waals surface area contributed by atoms with E-state index in [1.54, 1.807) is 6.20 Å². The van der Waals surface area contributed by atoms with Crippen molar-refractivity contribution in [3.63, 3.8) is 0 Å². The molecule has 0 saturated carbocycles. The Balaban J connectivity index is 1.56. The summed E-state index contributed by atoms with van der Waals surface area (Å²) in [7, 11) is 1.93. The Hall–Kier alpha value is -3.61. The van der Waals surface area contributed by atoms with Crippen molar-refractivity contribution in [3.05, 3.63) is 60.6 Å². The van der Waals surface area contributed by atoms with Crippen molar-refractivity contribution in [2.24, 2.45) is 0 Å². The lowest BCUT2D eigenvalue weighted by molar-refractivity contribution is 0.174. The smallest absolute Gasteiger partial charge is 0.231 e. The van der Waals surface area contributed by atoms with Crippen molar-refractivity contribution in [1.29, 1.82) is 0 Å². The van der Waals surface area contributed by atoms with Gasteiger partial charge in [-0.15, -0.1) is 0 Å². The Morgan fingerprint density at radius 1 is 1.04 bits per heavy atom. The van der Waals surface area contributed by atoms with Crippen LogP contribution in [0.15, 0.2) is 54.9 Å². The van der Waals surface area contributed by atoms with Gasteiger partial charge in [-0.3, -0.25) is 4.40 Å². The molecule has 0 bridgehead atoms. The molecule has 3 aromatic heterocycles. The highest BCUT2D eigenvalue weighted by molar-refractivity contribution is 5.67. The van der Waals surface area contributed by atoms with E-state index in [-0.39, 0.29) is 6.79 Å². The standard InChI is InChI=1S/C20H17N5O2/c1-13-19(25-10-4-3-5-18(25)22-13)15-8-9-21-20(23-15)24(2)14-6-7-16-17(11-14)27-12-26-16/h3-11H,12H2,1-2H3. The molecule has 7 nitrogen and oxygen atoms in total. The van der Waals surface area contributed by atoms with Gasteiger partial charge in [-0.25, -0.2) is 15.0 Å². The van der Waals surface area contributed by atoms with Gasteiger partial charge in [-0.05, 0) is 37.3 Å². The van der Waals surface area contributed by atoms with E-state index < -0.39 is 0 Å². The summed E-state index contributed by atoms with van der Waals surface area (Å²) in [6.07, 6.45) is 3.76. The van der Waals surface area contributed by atoms with E-state index in [0.29, 0.717) is 5.95 Å². The maximum atomic E-state index is 5.47. The van der Waals surface area contributed by atoms with Crippen molar-refractivity contribution in [3.8, 4) is 22.9 Å². The van der Waals surface area contributed by atoms with Gasteiger partial charge >= 0.3 is 0 Å². The highest BCUT2D eigenvalue weighted by Gasteiger charge is 2.18. The highest BCUT2D eigenvalue weighted by Crippen LogP contribution is 2.36. The molecule has 4 heterocycles. The zero-order valence-corrected chi connectivity index (χ0v) is 15.0. The maximum Gasteiger partial charge on any atom is 0.231 e. The SMILES string of the molecule is Cc1nc2ccccn2c1-c1ccnc(N(C)c2ccc3c(c2)OCO3)n1. The van der Waals surface area contributed by atoms with Gasteiger partial charge in [0.1, 0.15) is 5.65 Å². The van der Waals surface area contributed by atoms with Crippen LogP contribution in [0.25, 0.3) is 17.0 Å². The minimum Gasteiger partial charge on any atom is -0.454 e. The van der Waals surface area contributed by atoms with E-state index >= 15 is 0 Å². The third-order valence-corrected chi connectivity index (χ3v) is 4.63. The molecule has 0 amide bonds. The lowest BCUT2D eigenvalue weighted by atomic mass is 10.2. The fourth-order valence-electron chi connectivity index (χ4n) is 3.27. The van der Waals surface area contributed by atoms with Gasteiger partial charge in [0.25, 0.3) is 0 Å². The molecule has 27 heavy (non-hydrogen) atoms. The van der Waals surface area contributed by atoms with E-state index in [9.17, 15) is 0 Å². The zero-order chi connectivity index (χ0) is 18.4. The van der Waals surface area contributed by atoms with Crippen LogP contribution in [-0.4, -0.2) is 33.2 Å².